The third-order valence-electron chi connectivity index (χ3n) is 2.96. The molecule has 0 fully saturated rings. The predicted octanol–water partition coefficient (Wildman–Crippen LogP) is 2.46. The summed E-state index contributed by atoms with van der Waals surface area (Å²) in [7, 11) is 0. The molecule has 0 aliphatic heterocycles. The van der Waals surface area contributed by atoms with Gasteiger partial charge in [-0.15, -0.1) is 11.3 Å². The molecule has 14 heavy (non-hydrogen) atoms. The van der Waals surface area contributed by atoms with Gasteiger partial charge in [0.2, 0.25) is 0 Å². The van der Waals surface area contributed by atoms with E-state index < -0.39 is 6.10 Å². The molecule has 1 aromatic rings. The van der Waals surface area contributed by atoms with Crippen LogP contribution in [0.1, 0.15) is 36.1 Å². The second-order valence-electron chi connectivity index (χ2n) is 4.06. The zero-order valence-electron chi connectivity index (χ0n) is 9.08. The topological polar surface area (TPSA) is 46.2 Å². The second-order valence-corrected chi connectivity index (χ2v) is 5.38. The molecule has 0 aliphatic carbocycles. The largest absolute Gasteiger partial charge is 0.387 e. The van der Waals surface area contributed by atoms with Crippen LogP contribution < -0.4 is 5.73 Å². The fourth-order valence-corrected chi connectivity index (χ4v) is 2.43. The molecule has 2 nitrogen and oxygen atoms in total. The van der Waals surface area contributed by atoms with Gasteiger partial charge in [0.05, 0.1) is 6.10 Å². The molecule has 0 saturated heterocycles. The van der Waals surface area contributed by atoms with Gasteiger partial charge in [-0.05, 0) is 25.5 Å². The van der Waals surface area contributed by atoms with E-state index in [4.69, 9.17) is 5.73 Å². The van der Waals surface area contributed by atoms with Crippen molar-refractivity contribution in [1.82, 2.24) is 0 Å². The predicted molar refractivity (Wildman–Crippen MR) is 61.5 cm³/mol. The molecule has 3 N–H and O–H groups in total. The van der Waals surface area contributed by atoms with Crippen LogP contribution in [0, 0.1) is 12.3 Å². The first kappa shape index (κ1) is 11.7. The molecule has 0 bridgehead atoms. The summed E-state index contributed by atoms with van der Waals surface area (Å²) < 4.78 is 0. The summed E-state index contributed by atoms with van der Waals surface area (Å²) in [6, 6.07) is 4.03. The second kappa shape index (κ2) is 4.43. The smallest absolute Gasteiger partial charge is 0.0947 e. The quantitative estimate of drug-likeness (QED) is 0.807. The minimum atomic E-state index is -0.434. The lowest BCUT2D eigenvalue weighted by Gasteiger charge is -2.31. The summed E-state index contributed by atoms with van der Waals surface area (Å²) in [5.41, 5.74) is 5.51. The molecule has 3 heteroatoms. The lowest BCUT2D eigenvalue weighted by molar-refractivity contribution is 0.0420. The molecule has 0 aromatic carbocycles. The van der Waals surface area contributed by atoms with Crippen LogP contribution in [0.3, 0.4) is 0 Å². The van der Waals surface area contributed by atoms with Crippen molar-refractivity contribution in [1.29, 1.82) is 0 Å². The first-order valence-corrected chi connectivity index (χ1v) is 5.79. The van der Waals surface area contributed by atoms with Gasteiger partial charge in [-0.1, -0.05) is 13.8 Å². The van der Waals surface area contributed by atoms with E-state index in [2.05, 4.69) is 6.92 Å². The van der Waals surface area contributed by atoms with Crippen molar-refractivity contribution >= 4 is 11.3 Å². The van der Waals surface area contributed by atoms with Gasteiger partial charge in [0.25, 0.3) is 0 Å². The Balaban J connectivity index is 2.88. The van der Waals surface area contributed by atoms with Crippen molar-refractivity contribution in [2.75, 3.05) is 6.54 Å². The third kappa shape index (κ3) is 2.16. The maximum atomic E-state index is 10.2. The standard InChI is InChI=1S/C11H19NOS/c1-4-11(3,7-12)10(13)9-6-5-8(2)14-9/h5-6,10,13H,4,7,12H2,1-3H3. The van der Waals surface area contributed by atoms with Gasteiger partial charge in [0.15, 0.2) is 0 Å². The molecule has 80 valence electrons. The average Bonchev–Trinajstić information content (AvgIpc) is 2.62. The SMILES string of the molecule is CCC(C)(CN)C(O)c1ccc(C)s1. The number of nitrogens with two attached hydrogens (primary N) is 1. The van der Waals surface area contributed by atoms with E-state index in [-0.39, 0.29) is 5.41 Å². The van der Waals surface area contributed by atoms with Crippen molar-refractivity contribution in [3.63, 3.8) is 0 Å². The highest BCUT2D eigenvalue weighted by atomic mass is 32.1. The van der Waals surface area contributed by atoms with E-state index in [0.717, 1.165) is 11.3 Å². The molecule has 2 atom stereocenters. The van der Waals surface area contributed by atoms with E-state index in [1.807, 2.05) is 26.0 Å². The third-order valence-corrected chi connectivity index (χ3v) is 4.02. The summed E-state index contributed by atoms with van der Waals surface area (Å²) in [5, 5.41) is 10.2. The van der Waals surface area contributed by atoms with E-state index in [1.165, 1.54) is 4.88 Å². The van der Waals surface area contributed by atoms with Gasteiger partial charge in [-0.25, -0.2) is 0 Å². The lowest BCUT2D eigenvalue weighted by Crippen LogP contribution is -2.32. The summed E-state index contributed by atoms with van der Waals surface area (Å²) in [6.07, 6.45) is 0.456. The normalized spacial score (nSPS) is 17.8. The van der Waals surface area contributed by atoms with Gasteiger partial charge in [-0.2, -0.15) is 0 Å². The molecule has 1 heterocycles. The van der Waals surface area contributed by atoms with Crippen molar-refractivity contribution in [3.05, 3.63) is 21.9 Å². The fourth-order valence-electron chi connectivity index (χ4n) is 1.39. The van der Waals surface area contributed by atoms with Gasteiger partial charge < -0.3 is 10.8 Å². The Morgan fingerprint density at radius 1 is 1.57 bits per heavy atom. The minimum absolute atomic E-state index is 0.197. The fraction of sp³-hybridized carbons (Fsp3) is 0.636. The molecule has 0 spiro atoms. The van der Waals surface area contributed by atoms with E-state index >= 15 is 0 Å². The summed E-state index contributed by atoms with van der Waals surface area (Å²) in [5.74, 6) is 0. The molecule has 2 unspecified atom stereocenters. The van der Waals surface area contributed by atoms with Crippen LogP contribution in [-0.2, 0) is 0 Å². The Morgan fingerprint density at radius 2 is 2.21 bits per heavy atom. The Hall–Kier alpha value is -0.380. The molecular weight excluding hydrogens is 194 g/mol. The monoisotopic (exact) mass is 213 g/mol. The van der Waals surface area contributed by atoms with Crippen LogP contribution in [0.15, 0.2) is 12.1 Å². The van der Waals surface area contributed by atoms with Crippen LogP contribution in [-0.4, -0.2) is 11.7 Å². The van der Waals surface area contributed by atoms with Crippen molar-refractivity contribution in [3.8, 4) is 0 Å². The summed E-state index contributed by atoms with van der Waals surface area (Å²) >= 11 is 1.65. The number of thiophene rings is 1. The van der Waals surface area contributed by atoms with Gasteiger partial charge >= 0.3 is 0 Å². The highest BCUT2D eigenvalue weighted by Crippen LogP contribution is 2.38. The summed E-state index contributed by atoms with van der Waals surface area (Å²) in [6.45, 7) is 6.66. The zero-order chi connectivity index (χ0) is 10.8. The lowest BCUT2D eigenvalue weighted by atomic mass is 9.81. The van der Waals surface area contributed by atoms with Gasteiger partial charge in [-0.3, -0.25) is 0 Å². The Labute approximate surface area is 89.8 Å². The zero-order valence-corrected chi connectivity index (χ0v) is 9.90. The van der Waals surface area contributed by atoms with Crippen LogP contribution in [0.25, 0.3) is 0 Å². The van der Waals surface area contributed by atoms with Crippen molar-refractivity contribution < 1.29 is 5.11 Å². The van der Waals surface area contributed by atoms with Crippen molar-refractivity contribution in [2.24, 2.45) is 11.1 Å². The number of hydrogen-bond donors (Lipinski definition) is 2. The highest BCUT2D eigenvalue weighted by Gasteiger charge is 2.31. The number of hydrogen-bond acceptors (Lipinski definition) is 3. The Kier molecular flexibility index (Phi) is 3.70. The van der Waals surface area contributed by atoms with E-state index in [0.29, 0.717) is 6.54 Å². The van der Waals surface area contributed by atoms with Crippen LogP contribution >= 0.6 is 11.3 Å². The molecular formula is C11H19NOS. The number of rotatable bonds is 4. The van der Waals surface area contributed by atoms with Crippen LogP contribution in [0.2, 0.25) is 0 Å². The van der Waals surface area contributed by atoms with E-state index in [1.54, 1.807) is 11.3 Å². The van der Waals surface area contributed by atoms with Crippen LogP contribution in [0.4, 0.5) is 0 Å². The van der Waals surface area contributed by atoms with Gasteiger partial charge in [0.1, 0.15) is 0 Å². The van der Waals surface area contributed by atoms with E-state index in [9.17, 15) is 5.11 Å². The average molecular weight is 213 g/mol. The van der Waals surface area contributed by atoms with Gasteiger partial charge in [0, 0.05) is 21.7 Å². The van der Waals surface area contributed by atoms with Crippen molar-refractivity contribution in [2.45, 2.75) is 33.3 Å². The molecule has 0 saturated carbocycles. The first-order chi connectivity index (χ1) is 6.53. The molecule has 0 radical (unpaired) electrons. The summed E-state index contributed by atoms with van der Waals surface area (Å²) in [4.78, 5) is 2.26. The number of aryl methyl sites for hydroxylation is 1. The first-order valence-electron chi connectivity index (χ1n) is 4.98. The molecule has 1 rings (SSSR count). The highest BCUT2D eigenvalue weighted by molar-refractivity contribution is 7.12. The maximum Gasteiger partial charge on any atom is 0.0947 e. The van der Waals surface area contributed by atoms with Crippen LogP contribution in [0.5, 0.6) is 0 Å². The number of aliphatic hydroxyl groups is 1. The molecule has 1 aromatic heterocycles. The Bertz CT molecular complexity index is 291. The Morgan fingerprint density at radius 3 is 2.57 bits per heavy atom. The molecule has 0 aliphatic rings. The number of aliphatic hydroxyl groups excluding tert-OH is 1. The minimum Gasteiger partial charge on any atom is -0.387 e. The maximum absolute atomic E-state index is 10.2. The molecule has 0 amide bonds.